The SMILES string of the molecule is CCN(CCOc1cccc(C#CCN)c1)CC(C)C#N. The fraction of sp³-hybridized carbons (Fsp3) is 0.471. The van der Waals surface area contributed by atoms with Crippen LogP contribution in [0.3, 0.4) is 0 Å². The molecule has 0 amide bonds. The molecule has 0 spiro atoms. The highest BCUT2D eigenvalue weighted by molar-refractivity contribution is 5.39. The minimum absolute atomic E-state index is 0.0415. The summed E-state index contributed by atoms with van der Waals surface area (Å²) >= 11 is 0. The first-order valence-electron chi connectivity index (χ1n) is 7.23. The number of rotatable bonds is 7. The maximum absolute atomic E-state index is 8.85. The number of likely N-dealkylation sites (N-methyl/N-ethyl adjacent to an activating group) is 1. The Bertz CT molecular complexity index is 525. The molecular formula is C17H23N3O. The molecule has 112 valence electrons. The van der Waals surface area contributed by atoms with Gasteiger partial charge >= 0.3 is 0 Å². The molecule has 1 atom stereocenters. The number of ether oxygens (including phenoxy) is 1. The smallest absolute Gasteiger partial charge is 0.120 e. The van der Waals surface area contributed by atoms with Crippen LogP contribution in [0.15, 0.2) is 24.3 Å². The summed E-state index contributed by atoms with van der Waals surface area (Å²) in [5.41, 5.74) is 6.27. The van der Waals surface area contributed by atoms with Crippen molar-refractivity contribution in [3.8, 4) is 23.7 Å². The van der Waals surface area contributed by atoms with Crippen LogP contribution in [-0.4, -0.2) is 37.7 Å². The molecule has 0 radical (unpaired) electrons. The Balaban J connectivity index is 2.46. The Morgan fingerprint density at radius 1 is 1.43 bits per heavy atom. The second kappa shape index (κ2) is 9.83. The summed E-state index contributed by atoms with van der Waals surface area (Å²) in [6.07, 6.45) is 0. The maximum atomic E-state index is 8.85. The molecule has 1 unspecified atom stereocenters. The molecule has 4 heteroatoms. The molecule has 1 aromatic carbocycles. The van der Waals surface area contributed by atoms with E-state index in [0.29, 0.717) is 13.2 Å². The van der Waals surface area contributed by atoms with E-state index in [4.69, 9.17) is 15.7 Å². The molecule has 0 aliphatic heterocycles. The van der Waals surface area contributed by atoms with E-state index in [1.807, 2.05) is 31.2 Å². The zero-order valence-corrected chi connectivity index (χ0v) is 12.8. The fourth-order valence-electron chi connectivity index (χ4n) is 1.92. The highest BCUT2D eigenvalue weighted by Gasteiger charge is 2.07. The number of nitrogens with zero attached hydrogens (tertiary/aromatic N) is 2. The lowest BCUT2D eigenvalue weighted by atomic mass is 10.2. The van der Waals surface area contributed by atoms with Gasteiger partial charge in [0.2, 0.25) is 0 Å². The maximum Gasteiger partial charge on any atom is 0.120 e. The van der Waals surface area contributed by atoms with E-state index >= 15 is 0 Å². The number of nitriles is 1. The van der Waals surface area contributed by atoms with Gasteiger partial charge in [0.25, 0.3) is 0 Å². The summed E-state index contributed by atoms with van der Waals surface area (Å²) < 4.78 is 5.75. The quantitative estimate of drug-likeness (QED) is 0.777. The molecular weight excluding hydrogens is 262 g/mol. The molecule has 1 aromatic rings. The van der Waals surface area contributed by atoms with Gasteiger partial charge in [0.15, 0.2) is 0 Å². The summed E-state index contributed by atoms with van der Waals surface area (Å²) in [6, 6.07) is 9.94. The lowest BCUT2D eigenvalue weighted by Gasteiger charge is -2.21. The molecule has 0 saturated carbocycles. The Kier molecular flexibility index (Phi) is 7.97. The molecule has 0 aromatic heterocycles. The summed E-state index contributed by atoms with van der Waals surface area (Å²) in [5.74, 6) is 6.66. The van der Waals surface area contributed by atoms with Crippen LogP contribution in [0.5, 0.6) is 5.75 Å². The molecule has 4 nitrogen and oxygen atoms in total. The highest BCUT2D eigenvalue weighted by Crippen LogP contribution is 2.12. The van der Waals surface area contributed by atoms with Gasteiger partial charge in [-0.25, -0.2) is 0 Å². The number of hydrogen-bond donors (Lipinski definition) is 1. The van der Waals surface area contributed by atoms with Crippen LogP contribution in [-0.2, 0) is 0 Å². The van der Waals surface area contributed by atoms with Crippen molar-refractivity contribution in [1.29, 1.82) is 5.26 Å². The monoisotopic (exact) mass is 285 g/mol. The molecule has 1 rings (SSSR count). The predicted molar refractivity (Wildman–Crippen MR) is 84.8 cm³/mol. The molecule has 0 saturated heterocycles. The van der Waals surface area contributed by atoms with E-state index in [2.05, 4.69) is 29.7 Å². The highest BCUT2D eigenvalue weighted by atomic mass is 16.5. The van der Waals surface area contributed by atoms with Gasteiger partial charge in [-0.3, -0.25) is 4.90 Å². The van der Waals surface area contributed by atoms with Crippen LogP contribution in [0.1, 0.15) is 19.4 Å². The molecule has 21 heavy (non-hydrogen) atoms. The van der Waals surface area contributed by atoms with E-state index in [1.54, 1.807) is 0 Å². The van der Waals surface area contributed by atoms with Gasteiger partial charge in [-0.05, 0) is 31.7 Å². The Hall–Kier alpha value is -2.01. The topological polar surface area (TPSA) is 62.3 Å². The zero-order chi connectivity index (χ0) is 15.5. The van der Waals surface area contributed by atoms with Crippen LogP contribution in [0, 0.1) is 29.1 Å². The summed E-state index contributed by atoms with van der Waals surface area (Å²) in [5, 5.41) is 8.85. The molecule has 2 N–H and O–H groups in total. The zero-order valence-electron chi connectivity index (χ0n) is 12.8. The van der Waals surface area contributed by atoms with E-state index in [-0.39, 0.29) is 5.92 Å². The van der Waals surface area contributed by atoms with Gasteiger partial charge < -0.3 is 10.5 Å². The van der Waals surface area contributed by atoms with E-state index in [9.17, 15) is 0 Å². The van der Waals surface area contributed by atoms with E-state index in [0.717, 1.165) is 30.9 Å². The first-order chi connectivity index (χ1) is 10.2. The second-order valence-corrected chi connectivity index (χ2v) is 4.81. The van der Waals surface area contributed by atoms with Crippen LogP contribution in [0.2, 0.25) is 0 Å². The van der Waals surface area contributed by atoms with E-state index in [1.165, 1.54) is 0 Å². The second-order valence-electron chi connectivity index (χ2n) is 4.81. The van der Waals surface area contributed by atoms with Gasteiger partial charge in [0, 0.05) is 18.7 Å². The normalized spacial score (nSPS) is 11.4. The molecule has 0 heterocycles. The number of nitrogens with two attached hydrogens (primary N) is 1. The number of benzene rings is 1. The van der Waals surface area contributed by atoms with Crippen LogP contribution >= 0.6 is 0 Å². The lowest BCUT2D eigenvalue weighted by molar-refractivity contribution is 0.206. The van der Waals surface area contributed by atoms with Gasteiger partial charge in [-0.15, -0.1) is 0 Å². The third-order valence-electron chi connectivity index (χ3n) is 3.04. The van der Waals surface area contributed by atoms with Gasteiger partial charge in [-0.1, -0.05) is 24.8 Å². The molecule has 0 bridgehead atoms. The Morgan fingerprint density at radius 2 is 2.24 bits per heavy atom. The summed E-state index contributed by atoms with van der Waals surface area (Å²) in [7, 11) is 0. The van der Waals surface area contributed by atoms with Gasteiger partial charge in [0.1, 0.15) is 12.4 Å². The average Bonchev–Trinajstić information content (AvgIpc) is 2.52. The van der Waals surface area contributed by atoms with Crippen LogP contribution in [0.4, 0.5) is 0 Å². The third-order valence-corrected chi connectivity index (χ3v) is 3.04. The standard InChI is InChI=1S/C17H23N3O/c1-3-20(14-15(2)13-19)10-11-21-17-8-4-6-16(12-17)7-5-9-18/h4,6,8,12,15H,3,9-11,14,18H2,1-2H3. The van der Waals surface area contributed by atoms with Crippen molar-refractivity contribution in [1.82, 2.24) is 4.90 Å². The average molecular weight is 285 g/mol. The summed E-state index contributed by atoms with van der Waals surface area (Å²) in [4.78, 5) is 2.21. The van der Waals surface area contributed by atoms with E-state index < -0.39 is 0 Å². The minimum Gasteiger partial charge on any atom is -0.492 e. The van der Waals surface area contributed by atoms with Crippen molar-refractivity contribution >= 4 is 0 Å². The fourth-order valence-corrected chi connectivity index (χ4v) is 1.92. The summed E-state index contributed by atoms with van der Waals surface area (Å²) in [6.45, 7) is 7.47. The van der Waals surface area contributed by atoms with Crippen molar-refractivity contribution < 1.29 is 4.74 Å². The Morgan fingerprint density at radius 3 is 2.90 bits per heavy atom. The van der Waals surface area contributed by atoms with Crippen molar-refractivity contribution in [3.63, 3.8) is 0 Å². The third kappa shape index (κ3) is 6.81. The number of hydrogen-bond acceptors (Lipinski definition) is 4. The minimum atomic E-state index is 0.0415. The van der Waals surface area contributed by atoms with Crippen molar-refractivity contribution in [2.45, 2.75) is 13.8 Å². The first-order valence-corrected chi connectivity index (χ1v) is 7.23. The van der Waals surface area contributed by atoms with Crippen molar-refractivity contribution in [3.05, 3.63) is 29.8 Å². The van der Waals surface area contributed by atoms with Crippen LogP contribution < -0.4 is 10.5 Å². The Labute approximate surface area is 127 Å². The lowest BCUT2D eigenvalue weighted by Crippen LogP contribution is -2.32. The molecule has 0 fully saturated rings. The molecule has 0 aliphatic rings. The molecule has 0 aliphatic carbocycles. The van der Waals surface area contributed by atoms with Crippen LogP contribution in [0.25, 0.3) is 0 Å². The van der Waals surface area contributed by atoms with Gasteiger partial charge in [-0.2, -0.15) is 5.26 Å². The first kappa shape index (κ1) is 17.0. The predicted octanol–water partition coefficient (Wildman–Crippen LogP) is 1.86. The van der Waals surface area contributed by atoms with Crippen molar-refractivity contribution in [2.75, 3.05) is 32.8 Å². The van der Waals surface area contributed by atoms with Gasteiger partial charge in [0.05, 0.1) is 18.5 Å². The van der Waals surface area contributed by atoms with Crippen molar-refractivity contribution in [2.24, 2.45) is 11.7 Å². The largest absolute Gasteiger partial charge is 0.492 e.